The Morgan fingerprint density at radius 1 is 1.24 bits per heavy atom. The Balaban J connectivity index is 1.90. The molecule has 17 heavy (non-hydrogen) atoms. The number of hydrogen-bond donors (Lipinski definition) is 1. The maximum Gasteiger partial charge on any atom is 0.207 e. The molecular formula is C13H22N2O2. The first-order chi connectivity index (χ1) is 8.19. The van der Waals surface area contributed by atoms with Crippen LogP contribution >= 0.6 is 0 Å². The molecule has 0 aromatic carbocycles. The van der Waals surface area contributed by atoms with Gasteiger partial charge >= 0.3 is 0 Å². The highest BCUT2D eigenvalue weighted by Crippen LogP contribution is 2.21. The van der Waals surface area contributed by atoms with E-state index in [0.29, 0.717) is 18.2 Å². The number of nitrogens with zero attached hydrogens (tertiary/aromatic N) is 1. The van der Waals surface area contributed by atoms with Crippen molar-refractivity contribution in [2.45, 2.75) is 51.0 Å². The van der Waals surface area contributed by atoms with Crippen molar-refractivity contribution >= 4 is 6.41 Å². The minimum atomic E-state index is 0.222. The summed E-state index contributed by atoms with van der Waals surface area (Å²) in [6, 6.07) is 0.730. The molecule has 4 atom stereocenters. The van der Waals surface area contributed by atoms with Crippen LogP contribution in [0.4, 0.5) is 0 Å². The molecular weight excluding hydrogens is 216 g/mol. The lowest BCUT2D eigenvalue weighted by atomic mass is 9.96. The fourth-order valence-electron chi connectivity index (χ4n) is 2.82. The van der Waals surface area contributed by atoms with E-state index < -0.39 is 0 Å². The van der Waals surface area contributed by atoms with Crippen LogP contribution in [0.5, 0.6) is 0 Å². The number of carbonyl (C=O) groups excluding carboxylic acids is 1. The van der Waals surface area contributed by atoms with Gasteiger partial charge in [-0.3, -0.25) is 9.69 Å². The summed E-state index contributed by atoms with van der Waals surface area (Å²) in [5, 5.41) is 2.81. The molecule has 1 amide bonds. The van der Waals surface area contributed by atoms with Gasteiger partial charge in [-0.1, -0.05) is 12.2 Å². The zero-order chi connectivity index (χ0) is 12.3. The summed E-state index contributed by atoms with van der Waals surface area (Å²) < 4.78 is 5.74. The fourth-order valence-corrected chi connectivity index (χ4v) is 2.82. The van der Waals surface area contributed by atoms with Gasteiger partial charge in [-0.15, -0.1) is 0 Å². The maximum atomic E-state index is 10.4. The number of ether oxygens (including phenoxy) is 1. The zero-order valence-electron chi connectivity index (χ0n) is 10.6. The van der Waals surface area contributed by atoms with Gasteiger partial charge in [0.2, 0.25) is 6.41 Å². The number of carbonyl (C=O) groups is 1. The molecule has 4 heteroatoms. The van der Waals surface area contributed by atoms with E-state index in [2.05, 4.69) is 36.2 Å². The molecule has 0 radical (unpaired) electrons. The smallest absolute Gasteiger partial charge is 0.207 e. The molecule has 96 valence electrons. The van der Waals surface area contributed by atoms with Crippen LogP contribution in [0.25, 0.3) is 0 Å². The molecule has 1 fully saturated rings. The number of nitrogens with one attached hydrogen (secondary N) is 1. The summed E-state index contributed by atoms with van der Waals surface area (Å²) in [6.07, 6.45) is 7.91. The lowest BCUT2D eigenvalue weighted by molar-refractivity contribution is -0.110. The van der Waals surface area contributed by atoms with Gasteiger partial charge in [0.1, 0.15) is 0 Å². The van der Waals surface area contributed by atoms with Gasteiger partial charge in [0.15, 0.2) is 0 Å². The van der Waals surface area contributed by atoms with Crippen LogP contribution in [0, 0.1) is 0 Å². The van der Waals surface area contributed by atoms with Crippen LogP contribution in [-0.2, 0) is 9.53 Å². The van der Waals surface area contributed by atoms with Crippen LogP contribution in [0.2, 0.25) is 0 Å². The van der Waals surface area contributed by atoms with Crippen molar-refractivity contribution in [3.8, 4) is 0 Å². The van der Waals surface area contributed by atoms with E-state index in [9.17, 15) is 4.79 Å². The van der Waals surface area contributed by atoms with Crippen LogP contribution in [-0.4, -0.2) is 48.7 Å². The van der Waals surface area contributed by atoms with Crippen LogP contribution in [0.3, 0.4) is 0 Å². The predicted octanol–water partition coefficient (Wildman–Crippen LogP) is 0.929. The van der Waals surface area contributed by atoms with Crippen molar-refractivity contribution in [1.29, 1.82) is 0 Å². The fraction of sp³-hybridized carbons (Fsp3) is 0.769. The highest BCUT2D eigenvalue weighted by Gasteiger charge is 2.28. The first-order valence-electron chi connectivity index (χ1n) is 6.46. The molecule has 4 nitrogen and oxygen atoms in total. The van der Waals surface area contributed by atoms with E-state index in [1.165, 1.54) is 0 Å². The first-order valence-corrected chi connectivity index (χ1v) is 6.46. The molecule has 0 aromatic heterocycles. The second kappa shape index (κ2) is 5.65. The highest BCUT2D eigenvalue weighted by atomic mass is 16.5. The maximum absolute atomic E-state index is 10.4. The van der Waals surface area contributed by atoms with Gasteiger partial charge in [-0.2, -0.15) is 0 Å². The van der Waals surface area contributed by atoms with E-state index in [4.69, 9.17) is 4.74 Å². The minimum Gasteiger partial charge on any atom is -0.373 e. The van der Waals surface area contributed by atoms with Crippen LogP contribution in [0.1, 0.15) is 26.7 Å². The van der Waals surface area contributed by atoms with Crippen LogP contribution < -0.4 is 5.32 Å². The third kappa shape index (κ3) is 3.30. The Morgan fingerprint density at radius 3 is 2.47 bits per heavy atom. The summed E-state index contributed by atoms with van der Waals surface area (Å²) in [5.41, 5.74) is 0. The molecule has 0 saturated carbocycles. The average molecular weight is 238 g/mol. The Hall–Kier alpha value is -0.870. The standard InChI is InChI=1S/C13H22N2O2/c1-10-7-15(8-11(2)17-10)13-5-3-12(4-6-13)14-9-16/h3,5,9-13H,4,6-8H2,1-2H3,(H,14,16). The molecule has 1 aliphatic heterocycles. The molecule has 2 rings (SSSR count). The van der Waals surface area contributed by atoms with Crippen molar-refractivity contribution in [2.75, 3.05) is 13.1 Å². The quantitative estimate of drug-likeness (QED) is 0.587. The van der Waals surface area contributed by atoms with Gasteiger partial charge in [0, 0.05) is 25.2 Å². The Labute approximate surface area is 103 Å². The van der Waals surface area contributed by atoms with Crippen molar-refractivity contribution < 1.29 is 9.53 Å². The molecule has 1 N–H and O–H groups in total. The largest absolute Gasteiger partial charge is 0.373 e. The van der Waals surface area contributed by atoms with Gasteiger partial charge in [0.05, 0.1) is 12.2 Å². The number of hydrogen-bond acceptors (Lipinski definition) is 3. The molecule has 1 saturated heterocycles. The minimum absolute atomic E-state index is 0.222. The van der Waals surface area contributed by atoms with Crippen molar-refractivity contribution in [3.63, 3.8) is 0 Å². The second-order valence-corrected chi connectivity index (χ2v) is 5.13. The summed E-state index contributed by atoms with van der Waals surface area (Å²) in [5.74, 6) is 0. The van der Waals surface area contributed by atoms with Gasteiger partial charge in [-0.05, 0) is 26.7 Å². The zero-order valence-corrected chi connectivity index (χ0v) is 10.6. The molecule has 2 aliphatic rings. The summed E-state index contributed by atoms with van der Waals surface area (Å²) in [7, 11) is 0. The van der Waals surface area contributed by atoms with Gasteiger partial charge in [-0.25, -0.2) is 0 Å². The molecule has 1 aliphatic carbocycles. The van der Waals surface area contributed by atoms with Gasteiger partial charge in [0.25, 0.3) is 0 Å². The first kappa shape index (κ1) is 12.6. The number of morpholine rings is 1. The lowest BCUT2D eigenvalue weighted by Crippen LogP contribution is -2.50. The number of rotatable bonds is 3. The monoisotopic (exact) mass is 238 g/mol. The Bertz CT molecular complexity index is 283. The van der Waals surface area contributed by atoms with E-state index >= 15 is 0 Å². The molecule has 0 bridgehead atoms. The van der Waals surface area contributed by atoms with Crippen molar-refractivity contribution in [1.82, 2.24) is 10.2 Å². The van der Waals surface area contributed by atoms with Crippen LogP contribution in [0.15, 0.2) is 12.2 Å². The summed E-state index contributed by atoms with van der Waals surface area (Å²) in [4.78, 5) is 12.9. The average Bonchev–Trinajstić information content (AvgIpc) is 2.29. The third-order valence-electron chi connectivity index (χ3n) is 3.54. The summed E-state index contributed by atoms with van der Waals surface area (Å²) in [6.45, 7) is 6.27. The summed E-state index contributed by atoms with van der Waals surface area (Å²) >= 11 is 0. The lowest BCUT2D eigenvalue weighted by Gasteiger charge is -2.40. The molecule has 1 heterocycles. The third-order valence-corrected chi connectivity index (χ3v) is 3.54. The van der Waals surface area contributed by atoms with E-state index in [1.54, 1.807) is 0 Å². The van der Waals surface area contributed by atoms with E-state index in [-0.39, 0.29) is 6.04 Å². The second-order valence-electron chi connectivity index (χ2n) is 5.13. The van der Waals surface area contributed by atoms with Crippen molar-refractivity contribution in [2.24, 2.45) is 0 Å². The Morgan fingerprint density at radius 2 is 1.94 bits per heavy atom. The molecule has 0 aromatic rings. The predicted molar refractivity (Wildman–Crippen MR) is 66.7 cm³/mol. The molecule has 4 unspecified atom stereocenters. The van der Waals surface area contributed by atoms with Gasteiger partial charge < -0.3 is 10.1 Å². The van der Waals surface area contributed by atoms with E-state index in [0.717, 1.165) is 32.3 Å². The normalized spacial score (nSPS) is 38.9. The Kier molecular flexibility index (Phi) is 4.18. The highest BCUT2D eigenvalue weighted by molar-refractivity contribution is 5.47. The molecule has 0 spiro atoms. The number of amides is 1. The SMILES string of the molecule is CC1CN(C2C=CC(NC=O)CC2)CC(C)O1. The van der Waals surface area contributed by atoms with Crippen molar-refractivity contribution in [3.05, 3.63) is 12.2 Å². The topological polar surface area (TPSA) is 41.6 Å². The van der Waals surface area contributed by atoms with E-state index in [1.807, 2.05) is 0 Å².